The van der Waals surface area contributed by atoms with Gasteiger partial charge >= 0.3 is 11.9 Å². The van der Waals surface area contributed by atoms with Gasteiger partial charge in [-0.3, -0.25) is 9.79 Å². The van der Waals surface area contributed by atoms with Crippen molar-refractivity contribution in [2.75, 3.05) is 7.11 Å². The number of aliphatic carboxylic acids is 1. The highest BCUT2D eigenvalue weighted by molar-refractivity contribution is 6.06. The van der Waals surface area contributed by atoms with Gasteiger partial charge in [-0.1, -0.05) is 12.1 Å². The summed E-state index contributed by atoms with van der Waals surface area (Å²) in [5, 5.41) is 18.7. The van der Waals surface area contributed by atoms with Gasteiger partial charge in [0.05, 0.1) is 24.3 Å². The van der Waals surface area contributed by atoms with Gasteiger partial charge in [-0.2, -0.15) is 5.26 Å². The van der Waals surface area contributed by atoms with Crippen molar-refractivity contribution in [3.05, 3.63) is 46.7 Å². The molecule has 0 fully saturated rings. The summed E-state index contributed by atoms with van der Waals surface area (Å²) in [4.78, 5) is 28.1. The van der Waals surface area contributed by atoms with Crippen LogP contribution in [0.25, 0.3) is 0 Å². The third-order valence-corrected chi connectivity index (χ3v) is 3.87. The van der Waals surface area contributed by atoms with Gasteiger partial charge in [0.2, 0.25) is 0 Å². The molecule has 118 valence electrons. The molecule has 1 aromatic carbocycles. The molecule has 2 rings (SSSR count). The molecule has 6 heteroatoms. The third kappa shape index (κ3) is 2.99. The van der Waals surface area contributed by atoms with E-state index in [1.54, 1.807) is 38.1 Å². The molecule has 0 aromatic heterocycles. The maximum Gasteiger partial charge on any atom is 0.336 e. The molecule has 1 aromatic rings. The molecule has 0 bridgehead atoms. The van der Waals surface area contributed by atoms with E-state index in [-0.39, 0.29) is 5.57 Å². The molecule has 1 aliphatic rings. The van der Waals surface area contributed by atoms with Crippen molar-refractivity contribution < 1.29 is 19.4 Å². The molecular formula is C17H16N2O4. The topological polar surface area (TPSA) is 99.8 Å². The standard InChI is InChI=1S/C17H16N2O4/c1-9-13(16(20)21)15(12-6-4-5-11(7-12)8-18)14(10(2)19-9)17(22)23-3/h4-7,13,15H,1-3H3,(H,20,21). The Balaban J connectivity index is 2.70. The number of allylic oxidation sites excluding steroid dienone is 1. The summed E-state index contributed by atoms with van der Waals surface area (Å²) in [6, 6.07) is 8.61. The van der Waals surface area contributed by atoms with Crippen molar-refractivity contribution in [1.82, 2.24) is 0 Å². The molecule has 6 nitrogen and oxygen atoms in total. The van der Waals surface area contributed by atoms with E-state index in [0.717, 1.165) is 0 Å². The van der Waals surface area contributed by atoms with Crippen LogP contribution in [0.1, 0.15) is 30.9 Å². The maximum absolute atomic E-state index is 12.2. The van der Waals surface area contributed by atoms with Crippen molar-refractivity contribution >= 4 is 17.7 Å². The Kier molecular flexibility index (Phi) is 4.60. The van der Waals surface area contributed by atoms with Crippen LogP contribution in [0.2, 0.25) is 0 Å². The van der Waals surface area contributed by atoms with Crippen molar-refractivity contribution in [2.45, 2.75) is 19.8 Å². The Hall–Kier alpha value is -2.94. The maximum atomic E-state index is 12.2. The zero-order valence-corrected chi connectivity index (χ0v) is 13.0. The molecule has 0 radical (unpaired) electrons. The lowest BCUT2D eigenvalue weighted by molar-refractivity contribution is -0.140. The van der Waals surface area contributed by atoms with Gasteiger partial charge in [0, 0.05) is 17.3 Å². The summed E-state index contributed by atoms with van der Waals surface area (Å²) in [6.07, 6.45) is 0. The number of aliphatic imine (C=N–C) groups is 1. The Morgan fingerprint density at radius 2 is 2.04 bits per heavy atom. The first-order valence-corrected chi connectivity index (χ1v) is 6.97. The molecule has 1 aliphatic heterocycles. The smallest absolute Gasteiger partial charge is 0.336 e. The second-order valence-electron chi connectivity index (χ2n) is 5.27. The second-order valence-corrected chi connectivity index (χ2v) is 5.27. The summed E-state index contributed by atoms with van der Waals surface area (Å²) in [5.74, 6) is -3.42. The number of benzene rings is 1. The molecule has 0 aliphatic carbocycles. The Bertz CT molecular complexity index is 771. The zero-order chi connectivity index (χ0) is 17.1. The molecule has 0 saturated carbocycles. The zero-order valence-electron chi connectivity index (χ0n) is 13.0. The molecule has 0 amide bonds. The van der Waals surface area contributed by atoms with E-state index in [1.165, 1.54) is 7.11 Å². The predicted octanol–water partition coefficient (Wildman–Crippen LogP) is 2.26. The van der Waals surface area contributed by atoms with E-state index in [0.29, 0.717) is 22.5 Å². The number of carbonyl (C=O) groups excluding carboxylic acids is 1. The number of nitriles is 1. The molecule has 2 unspecified atom stereocenters. The van der Waals surface area contributed by atoms with Gasteiger partial charge in [0.25, 0.3) is 0 Å². The lowest BCUT2D eigenvalue weighted by Gasteiger charge is -2.30. The number of nitrogens with zero attached hydrogens (tertiary/aromatic N) is 2. The summed E-state index contributed by atoms with van der Waals surface area (Å²) < 4.78 is 4.81. The van der Waals surface area contributed by atoms with Crippen LogP contribution in [0.3, 0.4) is 0 Å². The van der Waals surface area contributed by atoms with Gasteiger partial charge in [-0.05, 0) is 31.5 Å². The second kappa shape index (κ2) is 6.44. The number of ether oxygens (including phenoxy) is 1. The van der Waals surface area contributed by atoms with E-state index in [4.69, 9.17) is 10.00 Å². The Morgan fingerprint density at radius 3 is 2.61 bits per heavy atom. The molecule has 2 atom stereocenters. The van der Waals surface area contributed by atoms with Crippen molar-refractivity contribution in [3.8, 4) is 6.07 Å². The number of hydrogen-bond acceptors (Lipinski definition) is 5. The molecule has 0 spiro atoms. The first kappa shape index (κ1) is 16.4. The minimum absolute atomic E-state index is 0.209. The molecular weight excluding hydrogens is 296 g/mol. The average molecular weight is 312 g/mol. The largest absolute Gasteiger partial charge is 0.481 e. The van der Waals surface area contributed by atoms with Gasteiger partial charge in [-0.25, -0.2) is 4.79 Å². The number of rotatable bonds is 3. The van der Waals surface area contributed by atoms with Crippen LogP contribution in [0, 0.1) is 17.2 Å². The number of methoxy groups -OCH3 is 1. The minimum atomic E-state index is -1.08. The molecule has 1 heterocycles. The number of carboxylic acids is 1. The van der Waals surface area contributed by atoms with Gasteiger partial charge in [-0.15, -0.1) is 0 Å². The SMILES string of the molecule is COC(=O)C1=C(C)N=C(C)C(C(=O)O)C1c1cccc(C#N)c1. The first-order chi connectivity index (χ1) is 10.9. The quantitative estimate of drug-likeness (QED) is 0.863. The summed E-state index contributed by atoms with van der Waals surface area (Å²) in [6.45, 7) is 3.27. The van der Waals surface area contributed by atoms with E-state index in [9.17, 15) is 14.7 Å². The van der Waals surface area contributed by atoms with Crippen LogP contribution in [0.5, 0.6) is 0 Å². The summed E-state index contributed by atoms with van der Waals surface area (Å²) in [5.41, 5.74) is 2.02. The fourth-order valence-corrected chi connectivity index (χ4v) is 2.89. The van der Waals surface area contributed by atoms with Crippen LogP contribution in [0.15, 0.2) is 40.5 Å². The average Bonchev–Trinajstić information content (AvgIpc) is 2.53. The van der Waals surface area contributed by atoms with E-state index in [1.807, 2.05) is 6.07 Å². The Labute approximate surface area is 133 Å². The highest BCUT2D eigenvalue weighted by Crippen LogP contribution is 2.39. The lowest BCUT2D eigenvalue weighted by atomic mass is 9.75. The molecule has 0 saturated heterocycles. The van der Waals surface area contributed by atoms with Crippen molar-refractivity contribution in [3.63, 3.8) is 0 Å². The number of esters is 1. The van der Waals surface area contributed by atoms with Crippen LogP contribution in [-0.4, -0.2) is 29.9 Å². The van der Waals surface area contributed by atoms with Crippen molar-refractivity contribution in [1.29, 1.82) is 5.26 Å². The van der Waals surface area contributed by atoms with Gasteiger partial charge in [0.1, 0.15) is 5.92 Å². The minimum Gasteiger partial charge on any atom is -0.481 e. The van der Waals surface area contributed by atoms with E-state index < -0.39 is 23.8 Å². The van der Waals surface area contributed by atoms with E-state index >= 15 is 0 Å². The van der Waals surface area contributed by atoms with Crippen LogP contribution >= 0.6 is 0 Å². The normalized spacial score (nSPS) is 20.5. The summed E-state index contributed by atoms with van der Waals surface area (Å²) >= 11 is 0. The number of carbonyl (C=O) groups is 2. The van der Waals surface area contributed by atoms with Gasteiger partial charge < -0.3 is 9.84 Å². The number of carboxylic acid groups (broad SMARTS) is 1. The van der Waals surface area contributed by atoms with Crippen molar-refractivity contribution in [2.24, 2.45) is 10.9 Å². The highest BCUT2D eigenvalue weighted by atomic mass is 16.5. The first-order valence-electron chi connectivity index (χ1n) is 6.97. The predicted molar refractivity (Wildman–Crippen MR) is 82.8 cm³/mol. The molecule has 1 N–H and O–H groups in total. The third-order valence-electron chi connectivity index (χ3n) is 3.87. The number of hydrogen-bond donors (Lipinski definition) is 1. The highest BCUT2D eigenvalue weighted by Gasteiger charge is 2.41. The van der Waals surface area contributed by atoms with Crippen LogP contribution < -0.4 is 0 Å². The Morgan fingerprint density at radius 1 is 1.35 bits per heavy atom. The lowest BCUT2D eigenvalue weighted by Crippen LogP contribution is -2.35. The van der Waals surface area contributed by atoms with Crippen LogP contribution in [-0.2, 0) is 14.3 Å². The monoisotopic (exact) mass is 312 g/mol. The summed E-state index contributed by atoms with van der Waals surface area (Å²) in [7, 11) is 1.24. The van der Waals surface area contributed by atoms with E-state index in [2.05, 4.69) is 4.99 Å². The fraction of sp³-hybridized carbons (Fsp3) is 0.294. The van der Waals surface area contributed by atoms with Crippen LogP contribution in [0.4, 0.5) is 0 Å². The molecule has 23 heavy (non-hydrogen) atoms. The van der Waals surface area contributed by atoms with Gasteiger partial charge in [0.15, 0.2) is 0 Å². The fourth-order valence-electron chi connectivity index (χ4n) is 2.89.